The van der Waals surface area contributed by atoms with Crippen molar-refractivity contribution < 1.29 is 14.7 Å². The van der Waals surface area contributed by atoms with Gasteiger partial charge in [0.15, 0.2) is 0 Å². The largest absolute Gasteiger partial charge is 0.481 e. The zero-order valence-electron chi connectivity index (χ0n) is 16.5. The molecule has 1 aromatic carbocycles. The molecule has 2 heterocycles. The van der Waals surface area contributed by atoms with Gasteiger partial charge in [0.2, 0.25) is 5.91 Å². The van der Waals surface area contributed by atoms with Crippen LogP contribution in [0.25, 0.3) is 0 Å². The number of aliphatic carboxylic acids is 1. The Morgan fingerprint density at radius 2 is 1.97 bits per heavy atom. The van der Waals surface area contributed by atoms with Crippen molar-refractivity contribution >= 4 is 17.7 Å². The van der Waals surface area contributed by atoms with Crippen molar-refractivity contribution in [1.29, 1.82) is 0 Å². The molecule has 0 saturated carbocycles. The van der Waals surface area contributed by atoms with Gasteiger partial charge in [0.05, 0.1) is 13.0 Å². The number of hydrogen-bond acceptors (Lipinski definition) is 5. The molecule has 2 aromatic rings. The van der Waals surface area contributed by atoms with Gasteiger partial charge < -0.3 is 15.7 Å². The van der Waals surface area contributed by atoms with Crippen molar-refractivity contribution in [2.45, 2.75) is 31.7 Å². The molecule has 29 heavy (non-hydrogen) atoms. The number of nitrogens with zero attached hydrogens (tertiary/aromatic N) is 2. The van der Waals surface area contributed by atoms with E-state index in [4.69, 9.17) is 0 Å². The third kappa shape index (κ3) is 6.57. The van der Waals surface area contributed by atoms with E-state index >= 15 is 0 Å². The number of carboxylic acid groups (broad SMARTS) is 1. The van der Waals surface area contributed by atoms with E-state index in [9.17, 15) is 14.7 Å². The second-order valence-electron chi connectivity index (χ2n) is 7.34. The number of carboxylic acids is 1. The predicted octanol–water partition coefficient (Wildman–Crippen LogP) is 2.46. The van der Waals surface area contributed by atoms with Gasteiger partial charge in [0.1, 0.15) is 5.82 Å². The average molecular weight is 396 g/mol. The van der Waals surface area contributed by atoms with Gasteiger partial charge in [-0.3, -0.25) is 14.5 Å². The Hall–Kier alpha value is -2.93. The van der Waals surface area contributed by atoms with Crippen molar-refractivity contribution in [2.75, 3.05) is 31.5 Å². The van der Waals surface area contributed by atoms with Gasteiger partial charge >= 0.3 is 5.97 Å². The van der Waals surface area contributed by atoms with Crippen molar-refractivity contribution in [3.63, 3.8) is 0 Å². The molecule has 1 unspecified atom stereocenters. The molecule has 1 atom stereocenters. The van der Waals surface area contributed by atoms with Gasteiger partial charge in [-0.2, -0.15) is 0 Å². The first-order chi connectivity index (χ1) is 14.1. The summed E-state index contributed by atoms with van der Waals surface area (Å²) in [4.78, 5) is 29.9. The first-order valence-corrected chi connectivity index (χ1v) is 10.1. The number of pyridine rings is 1. The second kappa shape index (κ2) is 10.6. The van der Waals surface area contributed by atoms with E-state index in [2.05, 4.69) is 20.5 Å². The second-order valence-corrected chi connectivity index (χ2v) is 7.34. The van der Waals surface area contributed by atoms with Crippen LogP contribution >= 0.6 is 0 Å². The van der Waals surface area contributed by atoms with E-state index in [1.807, 2.05) is 42.5 Å². The van der Waals surface area contributed by atoms with Crippen LogP contribution in [0.5, 0.6) is 0 Å². The Balaban J connectivity index is 1.44. The SMILES string of the molecule is O=C(O)CC1CCN(CC(=O)NCCCNc2ccccn2)Cc2ccccc21. The van der Waals surface area contributed by atoms with Gasteiger partial charge in [0.25, 0.3) is 0 Å². The summed E-state index contributed by atoms with van der Waals surface area (Å²) in [5.41, 5.74) is 2.21. The Bertz CT molecular complexity index is 813. The third-order valence-electron chi connectivity index (χ3n) is 5.12. The van der Waals surface area contributed by atoms with Crippen LogP contribution in [-0.4, -0.2) is 53.0 Å². The highest BCUT2D eigenvalue weighted by atomic mass is 16.4. The molecule has 0 radical (unpaired) electrons. The molecule has 1 aromatic heterocycles. The lowest BCUT2D eigenvalue weighted by Crippen LogP contribution is -2.37. The molecule has 0 spiro atoms. The molecule has 1 amide bonds. The maximum absolute atomic E-state index is 12.3. The normalized spacial score (nSPS) is 16.5. The molecule has 3 rings (SSSR count). The van der Waals surface area contributed by atoms with E-state index in [0.717, 1.165) is 36.3 Å². The minimum atomic E-state index is -0.782. The first-order valence-electron chi connectivity index (χ1n) is 10.1. The number of anilines is 1. The summed E-state index contributed by atoms with van der Waals surface area (Å²) in [6, 6.07) is 13.7. The maximum Gasteiger partial charge on any atom is 0.303 e. The van der Waals surface area contributed by atoms with E-state index in [-0.39, 0.29) is 18.2 Å². The third-order valence-corrected chi connectivity index (χ3v) is 5.12. The Morgan fingerprint density at radius 3 is 2.76 bits per heavy atom. The van der Waals surface area contributed by atoms with E-state index in [0.29, 0.717) is 26.2 Å². The maximum atomic E-state index is 12.3. The van der Waals surface area contributed by atoms with Crippen LogP contribution in [0.1, 0.15) is 36.3 Å². The van der Waals surface area contributed by atoms with Crippen molar-refractivity contribution in [2.24, 2.45) is 0 Å². The monoisotopic (exact) mass is 396 g/mol. The van der Waals surface area contributed by atoms with Gasteiger partial charge in [-0.05, 0) is 48.6 Å². The number of hydrogen-bond donors (Lipinski definition) is 3. The highest BCUT2D eigenvalue weighted by Gasteiger charge is 2.24. The lowest BCUT2D eigenvalue weighted by atomic mass is 9.90. The lowest BCUT2D eigenvalue weighted by Gasteiger charge is -2.20. The van der Waals surface area contributed by atoms with Gasteiger partial charge in [-0.1, -0.05) is 30.3 Å². The molecular weight excluding hydrogens is 368 g/mol. The van der Waals surface area contributed by atoms with Gasteiger partial charge in [-0.25, -0.2) is 4.98 Å². The van der Waals surface area contributed by atoms with Crippen LogP contribution in [0.4, 0.5) is 5.82 Å². The van der Waals surface area contributed by atoms with Crippen molar-refractivity contribution in [3.8, 4) is 0 Å². The molecule has 3 N–H and O–H groups in total. The van der Waals surface area contributed by atoms with Gasteiger partial charge in [0, 0.05) is 25.8 Å². The average Bonchev–Trinajstić information content (AvgIpc) is 2.87. The molecule has 1 aliphatic heterocycles. The number of carbonyl (C=O) groups is 2. The number of benzene rings is 1. The van der Waals surface area contributed by atoms with E-state index in [1.165, 1.54) is 0 Å². The Kier molecular flexibility index (Phi) is 7.58. The molecule has 7 nitrogen and oxygen atoms in total. The summed E-state index contributed by atoms with van der Waals surface area (Å²) >= 11 is 0. The van der Waals surface area contributed by atoms with Gasteiger partial charge in [-0.15, -0.1) is 0 Å². The highest BCUT2D eigenvalue weighted by molar-refractivity contribution is 5.78. The summed E-state index contributed by atoms with van der Waals surface area (Å²) in [6.07, 6.45) is 3.42. The molecule has 7 heteroatoms. The smallest absolute Gasteiger partial charge is 0.303 e. The fourth-order valence-corrected chi connectivity index (χ4v) is 3.71. The highest BCUT2D eigenvalue weighted by Crippen LogP contribution is 2.30. The fraction of sp³-hybridized carbons (Fsp3) is 0.409. The van der Waals surface area contributed by atoms with Crippen LogP contribution in [0.2, 0.25) is 0 Å². The van der Waals surface area contributed by atoms with Crippen LogP contribution < -0.4 is 10.6 Å². The molecule has 0 bridgehead atoms. The summed E-state index contributed by atoms with van der Waals surface area (Å²) < 4.78 is 0. The number of nitrogens with one attached hydrogen (secondary N) is 2. The topological polar surface area (TPSA) is 94.6 Å². The Labute approximate surface area is 171 Å². The van der Waals surface area contributed by atoms with Crippen molar-refractivity contribution in [1.82, 2.24) is 15.2 Å². The molecule has 0 fully saturated rings. The fourth-order valence-electron chi connectivity index (χ4n) is 3.71. The predicted molar refractivity (Wildman–Crippen MR) is 112 cm³/mol. The molecular formula is C22H28N4O3. The molecule has 154 valence electrons. The van der Waals surface area contributed by atoms with E-state index in [1.54, 1.807) is 6.20 Å². The summed E-state index contributed by atoms with van der Waals surface area (Å²) in [5, 5.41) is 15.4. The molecule has 0 saturated heterocycles. The summed E-state index contributed by atoms with van der Waals surface area (Å²) in [5.74, 6) is 0.0414. The number of amides is 1. The minimum Gasteiger partial charge on any atom is -0.481 e. The van der Waals surface area contributed by atoms with Crippen LogP contribution in [0.15, 0.2) is 48.7 Å². The number of aromatic nitrogens is 1. The zero-order chi connectivity index (χ0) is 20.5. The summed E-state index contributed by atoms with van der Waals surface area (Å²) in [7, 11) is 0. The first kappa shape index (κ1) is 20.8. The number of carbonyl (C=O) groups excluding carboxylic acids is 1. The minimum absolute atomic E-state index is 0.00278. The zero-order valence-corrected chi connectivity index (χ0v) is 16.5. The van der Waals surface area contributed by atoms with Crippen LogP contribution in [0.3, 0.4) is 0 Å². The standard InChI is InChI=1S/C22H28N4O3/c27-21(25-12-5-11-24-20-8-3-4-10-23-20)16-26-13-9-17(14-22(28)29)19-7-2-1-6-18(19)15-26/h1-4,6-8,10,17H,5,9,11-16H2,(H,23,24)(H,25,27)(H,28,29). The van der Waals surface area contributed by atoms with E-state index < -0.39 is 5.97 Å². The lowest BCUT2D eigenvalue weighted by molar-refractivity contribution is -0.137. The van der Waals surface area contributed by atoms with Crippen LogP contribution in [0, 0.1) is 0 Å². The van der Waals surface area contributed by atoms with Crippen LogP contribution in [-0.2, 0) is 16.1 Å². The number of rotatable bonds is 9. The molecule has 1 aliphatic rings. The molecule has 0 aliphatic carbocycles. The quantitative estimate of drug-likeness (QED) is 0.564. The summed E-state index contributed by atoms with van der Waals surface area (Å²) in [6.45, 7) is 3.04. The number of fused-ring (bicyclic) bond motifs is 1. The Morgan fingerprint density at radius 1 is 1.14 bits per heavy atom. The van der Waals surface area contributed by atoms with Crippen molar-refractivity contribution in [3.05, 3.63) is 59.8 Å².